The summed E-state index contributed by atoms with van der Waals surface area (Å²) in [6.45, 7) is 1.59. The highest BCUT2D eigenvalue weighted by Crippen LogP contribution is 2.10. The first-order valence-electron chi connectivity index (χ1n) is 7.76. The molecule has 0 saturated carbocycles. The van der Waals surface area contributed by atoms with Gasteiger partial charge in [0.15, 0.2) is 11.9 Å². The maximum absolute atomic E-state index is 7.02. The molecular formula is C14H34Cl2N6. The van der Waals surface area contributed by atoms with Crippen LogP contribution in [0.25, 0.3) is 0 Å². The Kier molecular flexibility index (Phi) is 23.8. The van der Waals surface area contributed by atoms with Crippen molar-refractivity contribution in [3.63, 3.8) is 0 Å². The number of rotatable bonds is 13. The van der Waals surface area contributed by atoms with Crippen molar-refractivity contribution in [3.05, 3.63) is 0 Å². The van der Waals surface area contributed by atoms with Gasteiger partial charge in [-0.15, -0.1) is 24.8 Å². The normalized spacial score (nSPS) is 9.27. The average molecular weight is 357 g/mol. The van der Waals surface area contributed by atoms with E-state index in [4.69, 9.17) is 22.6 Å². The number of unbranched alkanes of at least 4 members (excludes halogenated alkanes) is 9. The summed E-state index contributed by atoms with van der Waals surface area (Å²) in [6.07, 6.45) is 12.5. The average Bonchev–Trinajstić information content (AvgIpc) is 2.38. The minimum Gasteiger partial charge on any atom is -0.370 e. The van der Waals surface area contributed by atoms with Crippen LogP contribution in [-0.2, 0) is 0 Å². The van der Waals surface area contributed by atoms with Crippen LogP contribution in [0.3, 0.4) is 0 Å². The Morgan fingerprint density at radius 2 is 1.14 bits per heavy atom. The second-order valence-electron chi connectivity index (χ2n) is 5.18. The standard InChI is InChI=1S/C14H32N6.2ClH/c15-13(16)19-11-9-7-5-3-1-2-4-6-8-10-12-20-14(17)18;;/h1-12H2,(H4,15,16,19)(H4,17,18,20);2*1H. The van der Waals surface area contributed by atoms with Gasteiger partial charge in [0.05, 0.1) is 0 Å². The van der Waals surface area contributed by atoms with Crippen molar-refractivity contribution >= 4 is 36.7 Å². The molecule has 8 N–H and O–H groups in total. The third-order valence-electron chi connectivity index (χ3n) is 3.19. The minimum atomic E-state index is 0. The number of halogens is 2. The molecule has 0 radical (unpaired) electrons. The van der Waals surface area contributed by atoms with E-state index < -0.39 is 0 Å². The fourth-order valence-electron chi connectivity index (χ4n) is 2.08. The van der Waals surface area contributed by atoms with Crippen LogP contribution >= 0.6 is 24.8 Å². The first-order valence-corrected chi connectivity index (χ1v) is 7.76. The number of nitrogens with two attached hydrogens (primary N) is 3. The van der Waals surface area contributed by atoms with E-state index in [1.165, 1.54) is 51.4 Å². The summed E-state index contributed by atoms with van der Waals surface area (Å²) in [4.78, 5) is 3.96. The molecule has 0 aliphatic heterocycles. The van der Waals surface area contributed by atoms with Crippen LogP contribution in [0.2, 0.25) is 0 Å². The Morgan fingerprint density at radius 3 is 1.55 bits per heavy atom. The van der Waals surface area contributed by atoms with Crippen molar-refractivity contribution in [3.8, 4) is 0 Å². The quantitative estimate of drug-likeness (QED) is 0.197. The number of nitrogens with zero attached hydrogens (tertiary/aromatic N) is 1. The van der Waals surface area contributed by atoms with E-state index in [9.17, 15) is 0 Å². The largest absolute Gasteiger partial charge is 0.370 e. The monoisotopic (exact) mass is 356 g/mol. The van der Waals surface area contributed by atoms with Crippen LogP contribution in [0.4, 0.5) is 0 Å². The molecule has 134 valence electrons. The molecule has 0 aliphatic rings. The first-order chi connectivity index (χ1) is 9.63. The predicted octanol–water partition coefficient (Wildman–Crippen LogP) is 2.49. The Balaban J connectivity index is -0.00000180. The van der Waals surface area contributed by atoms with Crippen LogP contribution in [-0.4, -0.2) is 25.0 Å². The van der Waals surface area contributed by atoms with Gasteiger partial charge in [-0.05, 0) is 12.8 Å². The van der Waals surface area contributed by atoms with E-state index >= 15 is 0 Å². The molecule has 0 aromatic carbocycles. The van der Waals surface area contributed by atoms with Crippen molar-refractivity contribution in [1.29, 1.82) is 5.41 Å². The lowest BCUT2D eigenvalue weighted by atomic mass is 10.1. The van der Waals surface area contributed by atoms with Gasteiger partial charge in [-0.2, -0.15) is 0 Å². The van der Waals surface area contributed by atoms with Gasteiger partial charge in [0, 0.05) is 13.1 Å². The number of hydrogen-bond donors (Lipinski definition) is 5. The molecule has 0 aromatic heterocycles. The number of nitrogens with one attached hydrogen (secondary N) is 2. The Hall–Kier alpha value is -0.880. The molecule has 22 heavy (non-hydrogen) atoms. The Labute approximate surface area is 147 Å². The summed E-state index contributed by atoms with van der Waals surface area (Å²) in [7, 11) is 0. The summed E-state index contributed by atoms with van der Waals surface area (Å²) in [6, 6.07) is 0. The Morgan fingerprint density at radius 1 is 0.727 bits per heavy atom. The summed E-state index contributed by atoms with van der Waals surface area (Å²) in [5.74, 6) is 0.272. The molecule has 0 aliphatic carbocycles. The van der Waals surface area contributed by atoms with E-state index in [0.717, 1.165) is 25.9 Å². The highest BCUT2D eigenvalue weighted by molar-refractivity contribution is 5.85. The molecule has 6 nitrogen and oxygen atoms in total. The molecule has 8 heteroatoms. The smallest absolute Gasteiger partial charge is 0.185 e. The number of aliphatic imine (C=N–C) groups is 1. The topological polar surface area (TPSA) is 126 Å². The molecular weight excluding hydrogens is 323 g/mol. The second-order valence-corrected chi connectivity index (χ2v) is 5.18. The second kappa shape index (κ2) is 20.1. The van der Waals surface area contributed by atoms with Crippen molar-refractivity contribution in [2.45, 2.75) is 64.2 Å². The van der Waals surface area contributed by atoms with Crippen LogP contribution in [0.5, 0.6) is 0 Å². The van der Waals surface area contributed by atoms with E-state index in [1.807, 2.05) is 0 Å². The van der Waals surface area contributed by atoms with Crippen LogP contribution in [0.1, 0.15) is 64.2 Å². The van der Waals surface area contributed by atoms with E-state index in [-0.39, 0.29) is 36.7 Å². The molecule has 0 heterocycles. The van der Waals surface area contributed by atoms with Gasteiger partial charge in [-0.25, -0.2) is 0 Å². The molecule has 0 spiro atoms. The van der Waals surface area contributed by atoms with E-state index in [1.54, 1.807) is 0 Å². The van der Waals surface area contributed by atoms with Crippen molar-refractivity contribution < 1.29 is 0 Å². The van der Waals surface area contributed by atoms with E-state index in [2.05, 4.69) is 10.3 Å². The zero-order valence-corrected chi connectivity index (χ0v) is 15.1. The molecule has 0 aromatic rings. The minimum absolute atomic E-state index is 0. The van der Waals surface area contributed by atoms with Gasteiger partial charge in [-0.3, -0.25) is 10.4 Å². The maximum atomic E-state index is 7.02. The molecule has 0 bridgehead atoms. The lowest BCUT2D eigenvalue weighted by Crippen LogP contribution is -2.30. The van der Waals surface area contributed by atoms with Gasteiger partial charge in [0.25, 0.3) is 0 Å². The SMILES string of the molecule is Cl.Cl.N=C(N)NCCCCCCCCCCCCN=C(N)N. The molecule has 0 unspecified atom stereocenters. The lowest BCUT2D eigenvalue weighted by molar-refractivity contribution is 0.551. The fourth-order valence-corrected chi connectivity index (χ4v) is 2.08. The van der Waals surface area contributed by atoms with Gasteiger partial charge in [0.2, 0.25) is 0 Å². The molecule has 0 amide bonds. The van der Waals surface area contributed by atoms with Gasteiger partial charge < -0.3 is 22.5 Å². The van der Waals surface area contributed by atoms with Gasteiger partial charge in [0.1, 0.15) is 0 Å². The van der Waals surface area contributed by atoms with Crippen molar-refractivity contribution in [2.24, 2.45) is 22.2 Å². The summed E-state index contributed by atoms with van der Waals surface area (Å²) < 4.78 is 0. The zero-order valence-electron chi connectivity index (χ0n) is 13.5. The van der Waals surface area contributed by atoms with Crippen molar-refractivity contribution in [1.82, 2.24) is 5.32 Å². The summed E-state index contributed by atoms with van der Waals surface area (Å²) in [5, 5.41) is 9.84. The van der Waals surface area contributed by atoms with Gasteiger partial charge in [-0.1, -0.05) is 51.4 Å². The number of guanidine groups is 2. The summed E-state index contributed by atoms with van der Waals surface area (Å²) >= 11 is 0. The lowest BCUT2D eigenvalue weighted by Gasteiger charge is -2.04. The molecule has 0 atom stereocenters. The third kappa shape index (κ3) is 24.2. The molecule has 0 fully saturated rings. The molecule has 0 rings (SSSR count). The highest BCUT2D eigenvalue weighted by atomic mass is 35.5. The van der Waals surface area contributed by atoms with Crippen LogP contribution in [0, 0.1) is 5.41 Å². The van der Waals surface area contributed by atoms with Crippen LogP contribution < -0.4 is 22.5 Å². The fraction of sp³-hybridized carbons (Fsp3) is 0.857. The first kappa shape index (κ1) is 26.0. The van der Waals surface area contributed by atoms with E-state index in [0.29, 0.717) is 0 Å². The maximum Gasteiger partial charge on any atom is 0.185 e. The van der Waals surface area contributed by atoms with Crippen LogP contribution in [0.15, 0.2) is 4.99 Å². The predicted molar refractivity (Wildman–Crippen MR) is 101 cm³/mol. The summed E-state index contributed by atoms with van der Waals surface area (Å²) in [5.41, 5.74) is 15.7. The van der Waals surface area contributed by atoms with Gasteiger partial charge >= 0.3 is 0 Å². The Bertz CT molecular complexity index is 270. The third-order valence-corrected chi connectivity index (χ3v) is 3.19. The highest BCUT2D eigenvalue weighted by Gasteiger charge is 1.94. The molecule has 0 saturated heterocycles. The van der Waals surface area contributed by atoms with Crippen molar-refractivity contribution in [2.75, 3.05) is 13.1 Å². The number of hydrogen-bond acceptors (Lipinski definition) is 2. The zero-order chi connectivity index (χ0) is 15.1.